The van der Waals surface area contributed by atoms with Crippen LogP contribution in [0.4, 0.5) is 0 Å². The first-order valence-corrected chi connectivity index (χ1v) is 9.04. The Morgan fingerprint density at radius 1 is 1.32 bits per heavy atom. The Kier molecular flexibility index (Phi) is 4.88. The molecule has 3 rings (SSSR count). The van der Waals surface area contributed by atoms with E-state index in [0.717, 1.165) is 18.6 Å². The molecule has 22 heavy (non-hydrogen) atoms. The van der Waals surface area contributed by atoms with Crippen molar-refractivity contribution in [1.82, 2.24) is 4.90 Å². The van der Waals surface area contributed by atoms with Gasteiger partial charge in [0.2, 0.25) is 0 Å². The van der Waals surface area contributed by atoms with Crippen LogP contribution in [0.3, 0.4) is 0 Å². The minimum atomic E-state index is 0.488. The summed E-state index contributed by atoms with van der Waals surface area (Å²) in [6.07, 6.45) is 4.54. The predicted molar refractivity (Wildman–Crippen MR) is 100 cm³/mol. The molecule has 118 valence electrons. The Hall–Kier alpha value is -0.880. The molecule has 2 bridgehead atoms. The van der Waals surface area contributed by atoms with Crippen molar-refractivity contribution in [2.75, 3.05) is 14.2 Å². The van der Waals surface area contributed by atoms with Crippen LogP contribution in [-0.4, -0.2) is 36.9 Å². The van der Waals surface area contributed by atoms with E-state index < -0.39 is 0 Å². The summed E-state index contributed by atoms with van der Waals surface area (Å²) >= 11 is 2.36. The molecule has 4 heteroatoms. The SMILES string of the molecule is CCC(=NOC)C1=C(c2ccc(I)cc2)CC2CC[C@@H]1N2C. The summed E-state index contributed by atoms with van der Waals surface area (Å²) in [6, 6.07) is 10.1. The van der Waals surface area contributed by atoms with Gasteiger partial charge in [0.15, 0.2) is 0 Å². The number of nitrogens with zero attached hydrogens (tertiary/aromatic N) is 2. The average Bonchev–Trinajstić information content (AvgIpc) is 2.76. The lowest BCUT2D eigenvalue weighted by Crippen LogP contribution is -2.40. The number of fused-ring (bicyclic) bond motifs is 2. The second-order valence-electron chi connectivity index (χ2n) is 6.09. The Morgan fingerprint density at radius 3 is 2.68 bits per heavy atom. The molecule has 0 amide bonds. The highest BCUT2D eigenvalue weighted by atomic mass is 127. The zero-order valence-corrected chi connectivity index (χ0v) is 15.6. The lowest BCUT2D eigenvalue weighted by Gasteiger charge is -2.35. The molecule has 0 spiro atoms. The highest BCUT2D eigenvalue weighted by Gasteiger charge is 2.40. The van der Waals surface area contributed by atoms with Crippen molar-refractivity contribution in [2.24, 2.45) is 5.16 Å². The maximum atomic E-state index is 5.13. The first-order chi connectivity index (χ1) is 10.7. The molecule has 2 aliphatic rings. The summed E-state index contributed by atoms with van der Waals surface area (Å²) in [4.78, 5) is 7.66. The van der Waals surface area contributed by atoms with Crippen LogP contribution >= 0.6 is 22.6 Å². The van der Waals surface area contributed by atoms with Gasteiger partial charge in [-0.05, 0) is 84.2 Å². The first-order valence-electron chi connectivity index (χ1n) is 7.97. The van der Waals surface area contributed by atoms with Crippen molar-refractivity contribution < 1.29 is 4.84 Å². The molecular weight excluding hydrogens is 387 g/mol. The van der Waals surface area contributed by atoms with E-state index in [0.29, 0.717) is 12.1 Å². The topological polar surface area (TPSA) is 24.8 Å². The summed E-state index contributed by atoms with van der Waals surface area (Å²) in [5.41, 5.74) is 5.33. The third-order valence-corrected chi connectivity index (χ3v) is 5.70. The Labute approximate surface area is 146 Å². The number of hydrogen-bond donors (Lipinski definition) is 0. The van der Waals surface area contributed by atoms with E-state index >= 15 is 0 Å². The lowest BCUT2D eigenvalue weighted by molar-refractivity contribution is 0.211. The molecule has 0 aliphatic carbocycles. The minimum Gasteiger partial charge on any atom is -0.399 e. The van der Waals surface area contributed by atoms with Gasteiger partial charge in [0.25, 0.3) is 0 Å². The van der Waals surface area contributed by atoms with Gasteiger partial charge in [-0.15, -0.1) is 0 Å². The van der Waals surface area contributed by atoms with Gasteiger partial charge in [0.05, 0.1) is 5.71 Å². The van der Waals surface area contributed by atoms with E-state index in [1.807, 2.05) is 0 Å². The third-order valence-electron chi connectivity index (χ3n) is 4.98. The number of hydrogen-bond acceptors (Lipinski definition) is 3. The molecule has 2 heterocycles. The number of likely N-dealkylation sites (N-methyl/N-ethyl adjacent to an activating group) is 1. The standard InChI is InChI=1S/C18H23IN2O/c1-4-16(20-22-3)18-15(12-5-7-13(19)8-6-12)11-14-9-10-17(18)21(14)2/h5-8,14,17H,4,9-11H2,1-3H3/t14?,17-/m0/s1. The smallest absolute Gasteiger partial charge is 0.106 e. The van der Waals surface area contributed by atoms with E-state index in [4.69, 9.17) is 4.84 Å². The zero-order chi connectivity index (χ0) is 15.7. The number of rotatable bonds is 4. The van der Waals surface area contributed by atoms with Crippen LogP contribution in [-0.2, 0) is 4.84 Å². The lowest BCUT2D eigenvalue weighted by atomic mass is 9.85. The number of benzene rings is 1. The van der Waals surface area contributed by atoms with Gasteiger partial charge in [-0.2, -0.15) is 0 Å². The molecule has 1 fully saturated rings. The fraction of sp³-hybridized carbons (Fsp3) is 0.500. The van der Waals surface area contributed by atoms with Crippen LogP contribution in [0.5, 0.6) is 0 Å². The maximum Gasteiger partial charge on any atom is 0.106 e. The van der Waals surface area contributed by atoms with Crippen molar-refractivity contribution in [3.63, 3.8) is 0 Å². The van der Waals surface area contributed by atoms with Crippen molar-refractivity contribution in [3.8, 4) is 0 Å². The summed E-state index contributed by atoms with van der Waals surface area (Å²) in [5, 5.41) is 4.34. The normalized spacial score (nSPS) is 25.7. The van der Waals surface area contributed by atoms with Crippen LogP contribution in [0, 0.1) is 3.57 Å². The van der Waals surface area contributed by atoms with Gasteiger partial charge in [-0.25, -0.2) is 0 Å². The highest BCUT2D eigenvalue weighted by Crippen LogP contribution is 2.43. The fourth-order valence-electron chi connectivity index (χ4n) is 3.86. The molecule has 1 aromatic carbocycles. The summed E-state index contributed by atoms with van der Waals surface area (Å²) in [6.45, 7) is 2.16. The predicted octanol–water partition coefficient (Wildman–Crippen LogP) is 4.32. The summed E-state index contributed by atoms with van der Waals surface area (Å²) < 4.78 is 1.28. The van der Waals surface area contributed by atoms with Crippen molar-refractivity contribution in [2.45, 2.75) is 44.7 Å². The molecule has 2 aliphatic heterocycles. The quantitative estimate of drug-likeness (QED) is 0.420. The Morgan fingerprint density at radius 2 is 2.05 bits per heavy atom. The first kappa shape index (κ1) is 16.0. The Balaban J connectivity index is 2.13. The molecule has 1 saturated heterocycles. The molecule has 0 N–H and O–H groups in total. The van der Waals surface area contributed by atoms with E-state index in [9.17, 15) is 0 Å². The van der Waals surface area contributed by atoms with Crippen LogP contribution in [0.25, 0.3) is 5.57 Å². The molecular formula is C18H23IN2O. The van der Waals surface area contributed by atoms with Crippen molar-refractivity contribution in [1.29, 1.82) is 0 Å². The second-order valence-corrected chi connectivity index (χ2v) is 7.34. The second kappa shape index (κ2) is 6.71. The van der Waals surface area contributed by atoms with Gasteiger partial charge in [-0.1, -0.05) is 24.2 Å². The van der Waals surface area contributed by atoms with E-state index in [-0.39, 0.29) is 0 Å². The molecule has 2 atom stereocenters. The summed E-state index contributed by atoms with van der Waals surface area (Å²) in [7, 11) is 3.90. The highest BCUT2D eigenvalue weighted by molar-refractivity contribution is 14.1. The van der Waals surface area contributed by atoms with E-state index in [2.05, 4.69) is 70.9 Å². The van der Waals surface area contributed by atoms with E-state index in [1.54, 1.807) is 7.11 Å². The van der Waals surface area contributed by atoms with Crippen molar-refractivity contribution in [3.05, 3.63) is 39.0 Å². The minimum absolute atomic E-state index is 0.488. The third kappa shape index (κ3) is 2.83. The van der Waals surface area contributed by atoms with Gasteiger partial charge in [0, 0.05) is 15.7 Å². The van der Waals surface area contributed by atoms with Crippen LogP contribution in [0.1, 0.15) is 38.2 Å². The monoisotopic (exact) mass is 410 g/mol. The molecule has 0 radical (unpaired) electrons. The fourth-order valence-corrected chi connectivity index (χ4v) is 4.22. The average molecular weight is 410 g/mol. The maximum absolute atomic E-state index is 5.13. The van der Waals surface area contributed by atoms with Crippen LogP contribution in [0.2, 0.25) is 0 Å². The Bertz CT molecular complexity index is 606. The summed E-state index contributed by atoms with van der Waals surface area (Å²) in [5.74, 6) is 0. The van der Waals surface area contributed by atoms with E-state index in [1.165, 1.54) is 33.1 Å². The largest absolute Gasteiger partial charge is 0.399 e. The molecule has 3 nitrogen and oxygen atoms in total. The van der Waals surface area contributed by atoms with Gasteiger partial charge in [-0.3, -0.25) is 4.90 Å². The zero-order valence-electron chi connectivity index (χ0n) is 13.5. The molecule has 1 aromatic rings. The van der Waals surface area contributed by atoms with Gasteiger partial charge < -0.3 is 4.84 Å². The van der Waals surface area contributed by atoms with Crippen LogP contribution < -0.4 is 0 Å². The number of halogens is 1. The van der Waals surface area contributed by atoms with Gasteiger partial charge >= 0.3 is 0 Å². The number of oxime groups is 1. The molecule has 0 aromatic heterocycles. The van der Waals surface area contributed by atoms with Gasteiger partial charge in [0.1, 0.15) is 7.11 Å². The van der Waals surface area contributed by atoms with Crippen LogP contribution in [0.15, 0.2) is 35.0 Å². The molecule has 0 saturated carbocycles. The molecule has 1 unspecified atom stereocenters. The van der Waals surface area contributed by atoms with Crippen molar-refractivity contribution >= 4 is 33.9 Å².